The van der Waals surface area contributed by atoms with E-state index in [1.165, 1.54) is 24.1 Å². The number of esters is 1. The second-order valence-corrected chi connectivity index (χ2v) is 4.83. The molecule has 2 N–H and O–H groups in total. The highest BCUT2D eigenvalue weighted by atomic mass is 16.5. The molecule has 1 aromatic heterocycles. The van der Waals surface area contributed by atoms with E-state index in [0.717, 1.165) is 0 Å². The third-order valence-electron chi connectivity index (χ3n) is 3.40. The first-order valence-corrected chi connectivity index (χ1v) is 6.47. The molecular weight excluding hydrogens is 286 g/mol. The molecule has 1 aromatic carbocycles. The van der Waals surface area contributed by atoms with E-state index in [-0.39, 0.29) is 11.3 Å². The summed E-state index contributed by atoms with van der Waals surface area (Å²) < 4.78 is 6.19. The van der Waals surface area contributed by atoms with Gasteiger partial charge >= 0.3 is 5.97 Å². The Balaban J connectivity index is 2.16. The number of fused-ring (bicyclic) bond motifs is 1. The molecule has 7 nitrogen and oxygen atoms in total. The molecule has 0 atom stereocenters. The van der Waals surface area contributed by atoms with Gasteiger partial charge < -0.3 is 15.2 Å². The van der Waals surface area contributed by atoms with Crippen LogP contribution in [0.5, 0.6) is 0 Å². The van der Waals surface area contributed by atoms with E-state index < -0.39 is 11.9 Å². The van der Waals surface area contributed by atoms with Crippen molar-refractivity contribution >= 4 is 28.9 Å². The Hall–Kier alpha value is -3.09. The first-order chi connectivity index (χ1) is 10.5. The van der Waals surface area contributed by atoms with Gasteiger partial charge in [-0.15, -0.1) is 0 Å². The largest absolute Gasteiger partial charge is 0.506 e. The number of benzene rings is 1. The van der Waals surface area contributed by atoms with Crippen LogP contribution in [0.15, 0.2) is 30.6 Å². The zero-order chi connectivity index (χ0) is 15.9. The number of aryl methyl sites for hydroxylation is 1. The summed E-state index contributed by atoms with van der Waals surface area (Å²) in [4.78, 5) is 23.8. The van der Waals surface area contributed by atoms with Gasteiger partial charge in [0, 0.05) is 24.5 Å². The lowest BCUT2D eigenvalue weighted by molar-refractivity contribution is -0.110. The number of amides is 1. The number of anilines is 1. The van der Waals surface area contributed by atoms with Gasteiger partial charge in [0.05, 0.1) is 30.0 Å². The summed E-state index contributed by atoms with van der Waals surface area (Å²) in [6, 6.07) is 4.67. The van der Waals surface area contributed by atoms with Crippen molar-refractivity contribution in [2.75, 3.05) is 12.4 Å². The van der Waals surface area contributed by atoms with E-state index in [9.17, 15) is 14.7 Å². The Morgan fingerprint density at radius 1 is 1.36 bits per heavy atom. The third-order valence-corrected chi connectivity index (χ3v) is 3.40. The van der Waals surface area contributed by atoms with Crippen LogP contribution in [-0.2, 0) is 16.6 Å². The first-order valence-electron chi connectivity index (χ1n) is 6.47. The molecule has 2 heterocycles. The fourth-order valence-corrected chi connectivity index (χ4v) is 2.33. The molecule has 0 bridgehead atoms. The van der Waals surface area contributed by atoms with Crippen LogP contribution in [0.2, 0.25) is 0 Å². The molecule has 0 fully saturated rings. The molecular formula is C15H13N3O4. The number of methoxy groups -OCH3 is 1. The zero-order valence-corrected chi connectivity index (χ0v) is 12.0. The minimum absolute atomic E-state index is 0.105. The number of nitrogens with one attached hydrogen (secondary N) is 1. The van der Waals surface area contributed by atoms with Crippen molar-refractivity contribution in [2.45, 2.75) is 0 Å². The second-order valence-electron chi connectivity index (χ2n) is 4.83. The topological polar surface area (TPSA) is 93.4 Å². The molecule has 0 unspecified atom stereocenters. The van der Waals surface area contributed by atoms with Crippen LogP contribution in [0.25, 0.3) is 11.3 Å². The number of hydrogen-bond acceptors (Lipinski definition) is 5. The van der Waals surface area contributed by atoms with Crippen LogP contribution in [0.4, 0.5) is 5.69 Å². The normalized spacial score (nSPS) is 15.3. The smallest absolute Gasteiger partial charge is 0.337 e. The molecule has 1 aliphatic rings. The summed E-state index contributed by atoms with van der Waals surface area (Å²) in [6.07, 6.45) is 3.05. The van der Waals surface area contributed by atoms with Crippen molar-refractivity contribution in [1.82, 2.24) is 9.78 Å². The highest BCUT2D eigenvalue weighted by Gasteiger charge is 2.29. The molecule has 112 valence electrons. The highest BCUT2D eigenvalue weighted by Crippen LogP contribution is 2.36. The van der Waals surface area contributed by atoms with E-state index in [2.05, 4.69) is 15.2 Å². The minimum atomic E-state index is -0.512. The van der Waals surface area contributed by atoms with E-state index in [4.69, 9.17) is 0 Å². The maximum Gasteiger partial charge on any atom is 0.337 e. The van der Waals surface area contributed by atoms with Gasteiger partial charge in [0.2, 0.25) is 0 Å². The van der Waals surface area contributed by atoms with Gasteiger partial charge in [0.15, 0.2) is 0 Å². The highest BCUT2D eigenvalue weighted by molar-refractivity contribution is 6.36. The van der Waals surface area contributed by atoms with E-state index >= 15 is 0 Å². The zero-order valence-electron chi connectivity index (χ0n) is 12.0. The lowest BCUT2D eigenvalue weighted by atomic mass is 10.0. The standard InChI is InChI=1S/C15H13N3O4/c1-18-7-9(6-16-18)13(19)12-10-5-8(15(21)22-2)3-4-11(10)17-14(12)20/h3-7,19H,1-2H3,(H,17,20)/b13-12-. The minimum Gasteiger partial charge on any atom is -0.506 e. The Morgan fingerprint density at radius 3 is 2.77 bits per heavy atom. The number of carbonyl (C=O) groups excluding carboxylic acids is 2. The van der Waals surface area contributed by atoms with Gasteiger partial charge in [0.1, 0.15) is 5.76 Å². The fraction of sp³-hybridized carbons (Fsp3) is 0.133. The van der Waals surface area contributed by atoms with Crippen LogP contribution in [-0.4, -0.2) is 33.9 Å². The van der Waals surface area contributed by atoms with Gasteiger partial charge in [-0.2, -0.15) is 5.10 Å². The average molecular weight is 299 g/mol. The van der Waals surface area contributed by atoms with Crippen molar-refractivity contribution in [1.29, 1.82) is 0 Å². The van der Waals surface area contributed by atoms with Crippen molar-refractivity contribution in [3.8, 4) is 0 Å². The molecule has 22 heavy (non-hydrogen) atoms. The van der Waals surface area contributed by atoms with Crippen LogP contribution in [0.1, 0.15) is 21.5 Å². The van der Waals surface area contributed by atoms with E-state index in [1.807, 2.05) is 0 Å². The molecule has 1 amide bonds. The predicted octanol–water partition coefficient (Wildman–Crippen LogP) is 1.59. The molecule has 0 radical (unpaired) electrons. The number of aliphatic hydroxyl groups is 1. The maximum absolute atomic E-state index is 12.1. The maximum atomic E-state index is 12.1. The van der Waals surface area contributed by atoms with Gasteiger partial charge in [-0.25, -0.2) is 4.79 Å². The number of aromatic nitrogens is 2. The van der Waals surface area contributed by atoms with Crippen molar-refractivity contribution in [3.63, 3.8) is 0 Å². The van der Waals surface area contributed by atoms with Gasteiger partial charge in [-0.3, -0.25) is 9.48 Å². The summed E-state index contributed by atoms with van der Waals surface area (Å²) in [6.45, 7) is 0. The van der Waals surface area contributed by atoms with Gasteiger partial charge in [0.25, 0.3) is 5.91 Å². The van der Waals surface area contributed by atoms with Crippen molar-refractivity contribution in [2.24, 2.45) is 7.05 Å². The summed E-state index contributed by atoms with van der Waals surface area (Å²) in [5.41, 5.74) is 1.81. The molecule has 7 heteroatoms. The molecule has 0 aliphatic carbocycles. The molecule has 0 saturated heterocycles. The van der Waals surface area contributed by atoms with Crippen LogP contribution in [0, 0.1) is 0 Å². The van der Waals surface area contributed by atoms with Crippen LogP contribution >= 0.6 is 0 Å². The van der Waals surface area contributed by atoms with Crippen molar-refractivity contribution in [3.05, 3.63) is 47.3 Å². The first kappa shape index (κ1) is 13.9. The fourth-order valence-electron chi connectivity index (χ4n) is 2.33. The van der Waals surface area contributed by atoms with Crippen molar-refractivity contribution < 1.29 is 19.4 Å². The van der Waals surface area contributed by atoms with Crippen LogP contribution in [0.3, 0.4) is 0 Å². The van der Waals surface area contributed by atoms with Gasteiger partial charge in [-0.1, -0.05) is 0 Å². The lowest BCUT2D eigenvalue weighted by Crippen LogP contribution is -2.05. The summed E-state index contributed by atoms with van der Waals surface area (Å²) in [7, 11) is 2.99. The molecule has 3 rings (SSSR count). The molecule has 1 aliphatic heterocycles. The lowest BCUT2D eigenvalue weighted by Gasteiger charge is -2.04. The molecule has 0 saturated carbocycles. The predicted molar refractivity (Wildman–Crippen MR) is 79.1 cm³/mol. The number of hydrogen-bond donors (Lipinski definition) is 2. The third kappa shape index (κ3) is 2.12. The Labute approximate surface area is 125 Å². The number of nitrogens with zero attached hydrogens (tertiary/aromatic N) is 2. The number of ether oxygens (including phenoxy) is 1. The van der Waals surface area contributed by atoms with E-state index in [0.29, 0.717) is 22.4 Å². The monoisotopic (exact) mass is 299 g/mol. The average Bonchev–Trinajstić information content (AvgIpc) is 3.07. The number of aliphatic hydroxyl groups excluding tert-OH is 1. The van der Waals surface area contributed by atoms with Gasteiger partial charge in [-0.05, 0) is 18.2 Å². The Bertz CT molecular complexity index is 820. The summed E-state index contributed by atoms with van der Waals surface area (Å²) in [5, 5.41) is 17.0. The number of carbonyl (C=O) groups is 2. The summed E-state index contributed by atoms with van der Waals surface area (Å²) in [5.74, 6) is -1.13. The Morgan fingerprint density at radius 2 is 2.14 bits per heavy atom. The second kappa shape index (κ2) is 5.03. The van der Waals surface area contributed by atoms with Crippen LogP contribution < -0.4 is 5.32 Å². The summed E-state index contributed by atoms with van der Waals surface area (Å²) >= 11 is 0. The molecule has 2 aromatic rings. The molecule has 0 spiro atoms. The Kier molecular flexibility index (Phi) is 3.17. The SMILES string of the molecule is COC(=O)c1ccc2c(c1)/C(=C(/O)c1cnn(C)c1)C(=O)N2. The van der Waals surface area contributed by atoms with E-state index in [1.54, 1.807) is 25.4 Å². The quantitative estimate of drug-likeness (QED) is 0.499. The number of rotatable bonds is 2.